The maximum absolute atomic E-state index is 3.56. The fraction of sp³-hybridized carbons (Fsp3) is 0.636. The van der Waals surface area contributed by atoms with Crippen LogP contribution in [0.3, 0.4) is 0 Å². The van der Waals surface area contributed by atoms with Crippen LogP contribution in [0.5, 0.6) is 0 Å². The average Bonchev–Trinajstić information content (AvgIpc) is 2.87. The minimum atomic E-state index is 0.436. The molecule has 0 spiro atoms. The lowest BCUT2D eigenvalue weighted by Gasteiger charge is -2.15. The van der Waals surface area contributed by atoms with Crippen LogP contribution >= 0.6 is 0 Å². The summed E-state index contributed by atoms with van der Waals surface area (Å²) >= 11 is 0. The second-order valence-electron chi connectivity index (χ2n) is 4.11. The first-order valence-corrected chi connectivity index (χ1v) is 5.43. The van der Waals surface area contributed by atoms with Crippen LogP contribution in [0, 0.1) is 5.92 Å². The van der Waals surface area contributed by atoms with Crippen molar-refractivity contribution in [1.29, 1.82) is 0 Å². The van der Waals surface area contributed by atoms with Crippen LogP contribution in [0.25, 0.3) is 0 Å². The van der Waals surface area contributed by atoms with Gasteiger partial charge in [-0.1, -0.05) is 0 Å². The minimum absolute atomic E-state index is 0.436. The highest BCUT2D eigenvalue weighted by Crippen LogP contribution is 2.11. The van der Waals surface area contributed by atoms with Gasteiger partial charge in [-0.15, -0.1) is 0 Å². The highest BCUT2D eigenvalue weighted by molar-refractivity contribution is 5.07. The Labute approximate surface area is 85.3 Å². The molecule has 2 atom stereocenters. The Bertz CT molecular complexity index is 250. The first kappa shape index (κ1) is 9.74. The predicted octanol–water partition coefficient (Wildman–Crippen LogP) is 1.27. The quantitative estimate of drug-likeness (QED) is 0.674. The average molecular weight is 193 g/mol. The number of aromatic amines is 1. The van der Waals surface area contributed by atoms with Crippen molar-refractivity contribution in [3.63, 3.8) is 0 Å². The van der Waals surface area contributed by atoms with Crippen molar-refractivity contribution in [3.8, 4) is 0 Å². The molecule has 3 nitrogen and oxygen atoms in total. The van der Waals surface area contributed by atoms with Crippen LogP contribution in [0.15, 0.2) is 18.3 Å². The van der Waals surface area contributed by atoms with Gasteiger partial charge in [0.05, 0.1) is 0 Å². The molecule has 2 rings (SSSR count). The van der Waals surface area contributed by atoms with E-state index >= 15 is 0 Å². The summed E-state index contributed by atoms with van der Waals surface area (Å²) in [6.45, 7) is 5.68. The molecule has 0 bridgehead atoms. The van der Waals surface area contributed by atoms with E-state index in [1.54, 1.807) is 0 Å². The molecule has 0 amide bonds. The minimum Gasteiger partial charge on any atom is -0.364 e. The van der Waals surface area contributed by atoms with E-state index in [4.69, 9.17) is 0 Å². The van der Waals surface area contributed by atoms with Crippen LogP contribution in [0.1, 0.15) is 25.1 Å². The largest absolute Gasteiger partial charge is 0.364 e. The standard InChI is InChI=1S/C11H19N3/c1-9(11-3-2-5-13-11)14-8-10-4-6-12-7-10/h2-3,5,9-10,12-14H,4,6-8H2,1H3/t9-,10-/m0/s1. The summed E-state index contributed by atoms with van der Waals surface area (Å²) in [5, 5.41) is 6.94. The summed E-state index contributed by atoms with van der Waals surface area (Å²) in [5.74, 6) is 0.812. The van der Waals surface area contributed by atoms with Crippen LogP contribution in [0.2, 0.25) is 0 Å². The Kier molecular flexibility index (Phi) is 3.22. The first-order chi connectivity index (χ1) is 6.86. The number of hydrogen-bond acceptors (Lipinski definition) is 2. The summed E-state index contributed by atoms with van der Waals surface area (Å²) < 4.78 is 0. The Morgan fingerprint density at radius 3 is 3.21 bits per heavy atom. The third-order valence-electron chi connectivity index (χ3n) is 2.96. The van der Waals surface area contributed by atoms with Gasteiger partial charge >= 0.3 is 0 Å². The van der Waals surface area contributed by atoms with E-state index in [1.165, 1.54) is 25.2 Å². The zero-order valence-electron chi connectivity index (χ0n) is 8.72. The van der Waals surface area contributed by atoms with E-state index in [0.29, 0.717) is 6.04 Å². The normalized spacial score (nSPS) is 23.9. The Morgan fingerprint density at radius 2 is 2.57 bits per heavy atom. The Hall–Kier alpha value is -0.800. The lowest BCUT2D eigenvalue weighted by Crippen LogP contribution is -2.27. The molecule has 1 aliphatic rings. The highest BCUT2D eigenvalue weighted by atomic mass is 15.0. The maximum Gasteiger partial charge on any atom is 0.0444 e. The molecule has 1 saturated heterocycles. The van der Waals surface area contributed by atoms with Crippen molar-refractivity contribution in [3.05, 3.63) is 24.0 Å². The predicted molar refractivity (Wildman–Crippen MR) is 58.2 cm³/mol. The van der Waals surface area contributed by atoms with E-state index in [2.05, 4.69) is 28.6 Å². The summed E-state index contributed by atoms with van der Waals surface area (Å²) in [6, 6.07) is 4.61. The Balaban J connectivity index is 1.74. The molecule has 1 aromatic heterocycles. The van der Waals surface area contributed by atoms with Crippen LogP contribution in [-0.2, 0) is 0 Å². The molecular weight excluding hydrogens is 174 g/mol. The smallest absolute Gasteiger partial charge is 0.0444 e. The van der Waals surface area contributed by atoms with Gasteiger partial charge < -0.3 is 15.6 Å². The molecule has 1 fully saturated rings. The Morgan fingerprint density at radius 1 is 1.64 bits per heavy atom. The van der Waals surface area contributed by atoms with Gasteiger partial charge in [0.1, 0.15) is 0 Å². The first-order valence-electron chi connectivity index (χ1n) is 5.43. The van der Waals surface area contributed by atoms with Gasteiger partial charge in [0.2, 0.25) is 0 Å². The van der Waals surface area contributed by atoms with E-state index in [1.807, 2.05) is 12.3 Å². The van der Waals surface area contributed by atoms with Gasteiger partial charge in [-0.25, -0.2) is 0 Å². The van der Waals surface area contributed by atoms with Gasteiger partial charge in [-0.2, -0.15) is 0 Å². The number of H-pyrrole nitrogens is 1. The fourth-order valence-corrected chi connectivity index (χ4v) is 1.96. The molecule has 0 saturated carbocycles. The van der Waals surface area contributed by atoms with Crippen LogP contribution in [0.4, 0.5) is 0 Å². The zero-order valence-corrected chi connectivity index (χ0v) is 8.72. The van der Waals surface area contributed by atoms with Gasteiger partial charge in [0.15, 0.2) is 0 Å². The number of rotatable bonds is 4. The summed E-state index contributed by atoms with van der Waals surface area (Å²) in [6.07, 6.45) is 3.29. The summed E-state index contributed by atoms with van der Waals surface area (Å²) in [7, 11) is 0. The van der Waals surface area contributed by atoms with Crippen LogP contribution in [-0.4, -0.2) is 24.6 Å². The molecule has 2 heterocycles. The van der Waals surface area contributed by atoms with Crippen molar-refractivity contribution >= 4 is 0 Å². The lowest BCUT2D eigenvalue weighted by molar-refractivity contribution is 0.465. The molecule has 3 N–H and O–H groups in total. The number of hydrogen-bond donors (Lipinski definition) is 3. The van der Waals surface area contributed by atoms with Crippen molar-refractivity contribution in [1.82, 2.24) is 15.6 Å². The van der Waals surface area contributed by atoms with E-state index in [9.17, 15) is 0 Å². The fourth-order valence-electron chi connectivity index (χ4n) is 1.96. The molecule has 1 aliphatic heterocycles. The van der Waals surface area contributed by atoms with Gasteiger partial charge in [-0.3, -0.25) is 0 Å². The monoisotopic (exact) mass is 193 g/mol. The topological polar surface area (TPSA) is 39.8 Å². The van der Waals surface area contributed by atoms with Crippen LogP contribution < -0.4 is 10.6 Å². The molecule has 0 unspecified atom stereocenters. The lowest BCUT2D eigenvalue weighted by atomic mass is 10.1. The molecular formula is C11H19N3. The molecule has 78 valence electrons. The van der Waals surface area contributed by atoms with E-state index in [-0.39, 0.29) is 0 Å². The third-order valence-corrected chi connectivity index (χ3v) is 2.96. The van der Waals surface area contributed by atoms with Gasteiger partial charge in [0, 0.05) is 17.9 Å². The highest BCUT2D eigenvalue weighted by Gasteiger charge is 2.15. The summed E-state index contributed by atoms with van der Waals surface area (Å²) in [4.78, 5) is 3.23. The van der Waals surface area contributed by atoms with Gasteiger partial charge in [-0.05, 0) is 51.0 Å². The zero-order chi connectivity index (χ0) is 9.80. The second-order valence-corrected chi connectivity index (χ2v) is 4.11. The molecule has 0 aliphatic carbocycles. The third kappa shape index (κ3) is 2.36. The number of aromatic nitrogens is 1. The van der Waals surface area contributed by atoms with Crippen molar-refractivity contribution in [2.45, 2.75) is 19.4 Å². The van der Waals surface area contributed by atoms with Crippen molar-refractivity contribution in [2.24, 2.45) is 5.92 Å². The summed E-state index contributed by atoms with van der Waals surface area (Å²) in [5.41, 5.74) is 1.27. The second kappa shape index (κ2) is 4.62. The molecule has 1 aromatic rings. The van der Waals surface area contributed by atoms with Gasteiger partial charge in [0.25, 0.3) is 0 Å². The number of nitrogens with one attached hydrogen (secondary N) is 3. The molecule has 0 aromatic carbocycles. The molecule has 0 radical (unpaired) electrons. The maximum atomic E-state index is 3.56. The van der Waals surface area contributed by atoms with E-state index in [0.717, 1.165) is 12.5 Å². The van der Waals surface area contributed by atoms with E-state index < -0.39 is 0 Å². The molecule has 3 heteroatoms. The SMILES string of the molecule is C[C@H](NC[C@H]1CCNC1)c1ccc[nH]1. The van der Waals surface area contributed by atoms with Crippen molar-refractivity contribution in [2.75, 3.05) is 19.6 Å². The van der Waals surface area contributed by atoms with Crippen molar-refractivity contribution < 1.29 is 0 Å². The molecule has 14 heavy (non-hydrogen) atoms.